The van der Waals surface area contributed by atoms with Crippen LogP contribution in [-0.4, -0.2) is 55.1 Å². The van der Waals surface area contributed by atoms with Crippen LogP contribution in [0, 0.1) is 0 Å². The molecule has 0 bridgehead atoms. The number of ether oxygens (including phenoxy) is 2. The van der Waals surface area contributed by atoms with Crippen LogP contribution in [0.3, 0.4) is 0 Å². The second-order valence-electron chi connectivity index (χ2n) is 4.90. The normalized spacial score (nSPS) is 13.8. The largest absolute Gasteiger partial charge is 0.493 e. The van der Waals surface area contributed by atoms with Crippen LogP contribution in [0.5, 0.6) is 11.5 Å². The van der Waals surface area contributed by atoms with Crippen LogP contribution in [0.2, 0.25) is 0 Å². The van der Waals surface area contributed by atoms with Crippen molar-refractivity contribution in [3.05, 3.63) is 23.8 Å². The number of thioether (sulfide) groups is 1. The van der Waals surface area contributed by atoms with Crippen LogP contribution in [0.25, 0.3) is 0 Å². The molecule has 130 valence electrons. The van der Waals surface area contributed by atoms with Crippen molar-refractivity contribution in [3.63, 3.8) is 0 Å². The minimum Gasteiger partial charge on any atom is -0.493 e. The number of methoxy groups -OCH3 is 2. The molecular formula is C15H19N3O5S. The summed E-state index contributed by atoms with van der Waals surface area (Å²) in [4.78, 5) is 35.7. The summed E-state index contributed by atoms with van der Waals surface area (Å²) in [6, 6.07) is 4.98. The van der Waals surface area contributed by atoms with E-state index < -0.39 is 0 Å². The lowest BCUT2D eigenvalue weighted by atomic mass is 10.2. The quantitative estimate of drug-likeness (QED) is 0.764. The molecule has 1 aliphatic rings. The lowest BCUT2D eigenvalue weighted by molar-refractivity contribution is -0.124. The van der Waals surface area contributed by atoms with Gasteiger partial charge in [0.05, 0.1) is 20.0 Å². The van der Waals surface area contributed by atoms with Crippen molar-refractivity contribution in [2.45, 2.75) is 6.54 Å². The molecule has 1 aromatic rings. The van der Waals surface area contributed by atoms with Crippen LogP contribution in [0.1, 0.15) is 5.56 Å². The summed E-state index contributed by atoms with van der Waals surface area (Å²) in [7, 11) is 3.10. The third kappa shape index (κ3) is 4.54. The fourth-order valence-electron chi connectivity index (χ4n) is 2.11. The molecule has 1 heterocycles. The van der Waals surface area contributed by atoms with Gasteiger partial charge in [0.1, 0.15) is 0 Å². The first kappa shape index (κ1) is 17.9. The Morgan fingerprint density at radius 1 is 1.21 bits per heavy atom. The zero-order valence-electron chi connectivity index (χ0n) is 13.5. The molecule has 1 aromatic carbocycles. The number of carbonyl (C=O) groups is 3. The molecule has 8 nitrogen and oxygen atoms in total. The Morgan fingerprint density at radius 3 is 2.58 bits per heavy atom. The standard InChI is InChI=1S/C15H19N3O5S/c1-22-11-4-3-10(7-12(11)23-2)8-17-14(20)16-5-6-18-13(19)9-24-15(18)21/h3-4,7H,5-6,8-9H2,1-2H3,(H2,16,17,20). The lowest BCUT2D eigenvalue weighted by Gasteiger charge is -2.14. The number of amides is 4. The van der Waals surface area contributed by atoms with Crippen LogP contribution in [0.4, 0.5) is 9.59 Å². The van der Waals surface area contributed by atoms with Crippen LogP contribution in [0.15, 0.2) is 18.2 Å². The molecule has 0 aromatic heterocycles. The van der Waals surface area contributed by atoms with Gasteiger partial charge in [-0.15, -0.1) is 0 Å². The number of benzene rings is 1. The molecule has 9 heteroatoms. The van der Waals surface area contributed by atoms with E-state index in [4.69, 9.17) is 9.47 Å². The van der Waals surface area contributed by atoms with E-state index in [0.29, 0.717) is 18.0 Å². The van der Waals surface area contributed by atoms with Gasteiger partial charge in [-0.2, -0.15) is 0 Å². The molecule has 4 amide bonds. The average Bonchev–Trinajstić information content (AvgIpc) is 2.91. The zero-order valence-corrected chi connectivity index (χ0v) is 14.3. The molecule has 2 rings (SSSR count). The van der Waals surface area contributed by atoms with E-state index in [2.05, 4.69) is 10.6 Å². The summed E-state index contributed by atoms with van der Waals surface area (Å²) in [6.07, 6.45) is 0. The number of rotatable bonds is 7. The smallest absolute Gasteiger partial charge is 0.315 e. The molecule has 2 N–H and O–H groups in total. The van der Waals surface area contributed by atoms with E-state index in [1.54, 1.807) is 26.4 Å². The second kappa shape index (κ2) is 8.44. The Bertz CT molecular complexity index is 622. The molecule has 0 radical (unpaired) electrons. The number of urea groups is 1. The van der Waals surface area contributed by atoms with Crippen molar-refractivity contribution in [1.82, 2.24) is 15.5 Å². The van der Waals surface area contributed by atoms with E-state index in [9.17, 15) is 14.4 Å². The van der Waals surface area contributed by atoms with Gasteiger partial charge in [-0.25, -0.2) is 4.79 Å². The van der Waals surface area contributed by atoms with E-state index >= 15 is 0 Å². The summed E-state index contributed by atoms with van der Waals surface area (Å²) in [5.74, 6) is 1.14. The van der Waals surface area contributed by atoms with E-state index in [1.165, 1.54) is 0 Å². The number of nitrogens with one attached hydrogen (secondary N) is 2. The first-order valence-corrected chi connectivity index (χ1v) is 8.23. The number of hydrogen-bond acceptors (Lipinski definition) is 6. The molecule has 1 aliphatic heterocycles. The van der Waals surface area contributed by atoms with Gasteiger partial charge in [0, 0.05) is 19.6 Å². The average molecular weight is 353 g/mol. The van der Waals surface area contributed by atoms with E-state index in [-0.39, 0.29) is 36.0 Å². The highest BCUT2D eigenvalue weighted by atomic mass is 32.2. The van der Waals surface area contributed by atoms with Crippen molar-refractivity contribution >= 4 is 28.9 Å². The fourth-order valence-corrected chi connectivity index (χ4v) is 2.87. The number of imide groups is 1. The summed E-state index contributed by atoms with van der Waals surface area (Å²) in [5, 5.41) is 5.04. The molecule has 0 unspecified atom stereocenters. The van der Waals surface area contributed by atoms with Crippen LogP contribution < -0.4 is 20.1 Å². The number of carbonyl (C=O) groups excluding carboxylic acids is 3. The predicted molar refractivity (Wildman–Crippen MR) is 89.4 cm³/mol. The van der Waals surface area contributed by atoms with Crippen LogP contribution >= 0.6 is 11.8 Å². The third-order valence-electron chi connectivity index (χ3n) is 3.36. The van der Waals surface area contributed by atoms with Gasteiger partial charge in [0.25, 0.3) is 5.24 Å². The van der Waals surface area contributed by atoms with Crippen molar-refractivity contribution in [1.29, 1.82) is 0 Å². The van der Waals surface area contributed by atoms with Crippen LogP contribution in [-0.2, 0) is 11.3 Å². The highest BCUT2D eigenvalue weighted by molar-refractivity contribution is 8.14. The molecule has 1 fully saturated rings. The fraction of sp³-hybridized carbons (Fsp3) is 0.400. The maximum atomic E-state index is 11.8. The summed E-state index contributed by atoms with van der Waals surface area (Å²) in [5.41, 5.74) is 0.851. The second-order valence-corrected chi connectivity index (χ2v) is 5.83. The first-order chi connectivity index (χ1) is 11.5. The summed E-state index contributed by atoms with van der Waals surface area (Å²) < 4.78 is 10.4. The Morgan fingerprint density at radius 2 is 1.96 bits per heavy atom. The SMILES string of the molecule is COc1ccc(CNC(=O)NCCN2C(=O)CSC2=O)cc1OC. The number of nitrogens with zero attached hydrogens (tertiary/aromatic N) is 1. The molecular weight excluding hydrogens is 334 g/mol. The predicted octanol–water partition coefficient (Wildman–Crippen LogP) is 1.20. The van der Waals surface area contributed by atoms with Gasteiger partial charge in [-0.1, -0.05) is 17.8 Å². The summed E-state index contributed by atoms with van der Waals surface area (Å²) >= 11 is 0.973. The molecule has 0 atom stereocenters. The maximum absolute atomic E-state index is 11.8. The Kier molecular flexibility index (Phi) is 6.30. The van der Waals surface area contributed by atoms with Crippen molar-refractivity contribution in [3.8, 4) is 11.5 Å². The van der Waals surface area contributed by atoms with Crippen molar-refractivity contribution in [2.24, 2.45) is 0 Å². The van der Waals surface area contributed by atoms with Gasteiger partial charge in [0.2, 0.25) is 5.91 Å². The Hall–Kier alpha value is -2.42. The lowest BCUT2D eigenvalue weighted by Crippen LogP contribution is -2.41. The Balaban J connectivity index is 1.75. The minimum absolute atomic E-state index is 0.171. The van der Waals surface area contributed by atoms with Gasteiger partial charge < -0.3 is 20.1 Å². The molecule has 0 aliphatic carbocycles. The first-order valence-electron chi connectivity index (χ1n) is 7.25. The monoisotopic (exact) mass is 353 g/mol. The van der Waals surface area contributed by atoms with Gasteiger partial charge in [-0.05, 0) is 17.7 Å². The minimum atomic E-state index is -0.378. The van der Waals surface area contributed by atoms with E-state index in [1.807, 2.05) is 6.07 Å². The highest BCUT2D eigenvalue weighted by Crippen LogP contribution is 2.27. The third-order valence-corrected chi connectivity index (χ3v) is 4.22. The molecule has 24 heavy (non-hydrogen) atoms. The summed E-state index contributed by atoms with van der Waals surface area (Å²) in [6.45, 7) is 0.688. The zero-order chi connectivity index (χ0) is 17.5. The topological polar surface area (TPSA) is 97.0 Å². The van der Waals surface area contributed by atoms with Crippen molar-refractivity contribution in [2.75, 3.05) is 33.1 Å². The molecule has 0 saturated carbocycles. The highest BCUT2D eigenvalue weighted by Gasteiger charge is 2.29. The Labute approximate surface area is 143 Å². The van der Waals surface area contributed by atoms with Crippen molar-refractivity contribution < 1.29 is 23.9 Å². The molecule has 1 saturated heterocycles. The van der Waals surface area contributed by atoms with Gasteiger partial charge in [-0.3, -0.25) is 14.5 Å². The maximum Gasteiger partial charge on any atom is 0.315 e. The van der Waals surface area contributed by atoms with E-state index in [0.717, 1.165) is 22.2 Å². The number of hydrogen-bond donors (Lipinski definition) is 2. The van der Waals surface area contributed by atoms with Gasteiger partial charge in [0.15, 0.2) is 11.5 Å². The molecule has 0 spiro atoms. The van der Waals surface area contributed by atoms with Gasteiger partial charge >= 0.3 is 6.03 Å².